The SMILES string of the molecule is CC(C)c1ccc(-c2n[nH]c3c2CN(C)CC3)cc1. The molecule has 1 N–H and O–H groups in total. The number of nitrogens with zero attached hydrogens (tertiary/aromatic N) is 2. The second kappa shape index (κ2) is 4.82. The molecule has 0 radical (unpaired) electrons. The first-order chi connectivity index (χ1) is 9.15. The molecule has 0 saturated heterocycles. The number of H-pyrrole nitrogens is 1. The summed E-state index contributed by atoms with van der Waals surface area (Å²) in [6, 6.07) is 8.82. The largest absolute Gasteiger partial charge is 0.302 e. The summed E-state index contributed by atoms with van der Waals surface area (Å²) in [5, 5.41) is 7.73. The molecule has 0 bridgehead atoms. The first-order valence-corrected chi connectivity index (χ1v) is 7.00. The van der Waals surface area contributed by atoms with Crippen molar-refractivity contribution < 1.29 is 0 Å². The molecule has 0 atom stereocenters. The van der Waals surface area contributed by atoms with E-state index in [9.17, 15) is 0 Å². The van der Waals surface area contributed by atoms with Gasteiger partial charge in [-0.15, -0.1) is 0 Å². The van der Waals surface area contributed by atoms with Crippen molar-refractivity contribution in [3.8, 4) is 11.3 Å². The zero-order chi connectivity index (χ0) is 13.4. The van der Waals surface area contributed by atoms with Crippen LogP contribution in [0.15, 0.2) is 24.3 Å². The maximum Gasteiger partial charge on any atom is 0.0968 e. The minimum Gasteiger partial charge on any atom is -0.302 e. The Labute approximate surface area is 114 Å². The molecule has 100 valence electrons. The standard InChI is InChI=1S/C16H21N3/c1-11(2)12-4-6-13(7-5-12)16-14-10-19(3)9-8-15(14)17-18-16/h4-7,11H,8-10H2,1-3H3,(H,17,18). The average molecular weight is 255 g/mol. The minimum absolute atomic E-state index is 0.577. The van der Waals surface area contributed by atoms with Gasteiger partial charge in [0.1, 0.15) is 0 Å². The van der Waals surface area contributed by atoms with Crippen molar-refractivity contribution in [2.24, 2.45) is 0 Å². The molecule has 1 aromatic heterocycles. The Kier molecular flexibility index (Phi) is 3.15. The van der Waals surface area contributed by atoms with Crippen LogP contribution in [-0.2, 0) is 13.0 Å². The number of rotatable bonds is 2. The fourth-order valence-corrected chi connectivity index (χ4v) is 2.69. The van der Waals surface area contributed by atoms with Crippen molar-refractivity contribution >= 4 is 0 Å². The summed E-state index contributed by atoms with van der Waals surface area (Å²) in [7, 11) is 2.17. The predicted molar refractivity (Wildman–Crippen MR) is 78.2 cm³/mol. The van der Waals surface area contributed by atoms with Crippen molar-refractivity contribution in [2.75, 3.05) is 13.6 Å². The molecule has 0 saturated carbocycles. The topological polar surface area (TPSA) is 31.9 Å². The summed E-state index contributed by atoms with van der Waals surface area (Å²) < 4.78 is 0. The number of nitrogens with one attached hydrogen (secondary N) is 1. The highest BCUT2D eigenvalue weighted by Gasteiger charge is 2.20. The quantitative estimate of drug-likeness (QED) is 0.893. The van der Waals surface area contributed by atoms with Crippen molar-refractivity contribution in [1.29, 1.82) is 0 Å². The number of likely N-dealkylation sites (N-methyl/N-ethyl adjacent to an activating group) is 1. The molecule has 2 aromatic rings. The van der Waals surface area contributed by atoms with Crippen LogP contribution in [0, 0.1) is 0 Å². The number of fused-ring (bicyclic) bond motifs is 1. The number of hydrogen-bond acceptors (Lipinski definition) is 2. The lowest BCUT2D eigenvalue weighted by Crippen LogP contribution is -2.26. The van der Waals surface area contributed by atoms with Crippen LogP contribution in [0.3, 0.4) is 0 Å². The highest BCUT2D eigenvalue weighted by molar-refractivity contribution is 5.64. The van der Waals surface area contributed by atoms with Crippen molar-refractivity contribution in [3.63, 3.8) is 0 Å². The Morgan fingerprint density at radius 1 is 1.21 bits per heavy atom. The van der Waals surface area contributed by atoms with E-state index in [4.69, 9.17) is 0 Å². The van der Waals surface area contributed by atoms with E-state index in [0.29, 0.717) is 5.92 Å². The van der Waals surface area contributed by atoms with E-state index in [1.807, 2.05) is 0 Å². The molecule has 0 amide bonds. The molecule has 3 rings (SSSR count). The summed E-state index contributed by atoms with van der Waals surface area (Å²) >= 11 is 0. The van der Waals surface area contributed by atoms with Gasteiger partial charge in [0.05, 0.1) is 5.69 Å². The van der Waals surface area contributed by atoms with Gasteiger partial charge in [-0.2, -0.15) is 5.10 Å². The van der Waals surface area contributed by atoms with Crippen LogP contribution in [0.1, 0.15) is 36.6 Å². The van der Waals surface area contributed by atoms with Gasteiger partial charge in [0.25, 0.3) is 0 Å². The van der Waals surface area contributed by atoms with Gasteiger partial charge in [0, 0.05) is 36.3 Å². The molecule has 0 unspecified atom stereocenters. The fourth-order valence-electron chi connectivity index (χ4n) is 2.69. The number of benzene rings is 1. The smallest absolute Gasteiger partial charge is 0.0968 e. The monoisotopic (exact) mass is 255 g/mol. The van der Waals surface area contributed by atoms with E-state index in [-0.39, 0.29) is 0 Å². The third-order valence-electron chi connectivity index (χ3n) is 3.98. The summed E-state index contributed by atoms with van der Waals surface area (Å²) in [6.45, 7) is 6.55. The van der Waals surface area contributed by atoms with Gasteiger partial charge in [-0.25, -0.2) is 0 Å². The molecule has 0 fully saturated rings. The minimum atomic E-state index is 0.577. The Balaban J connectivity index is 1.96. The molecule has 0 spiro atoms. The van der Waals surface area contributed by atoms with Gasteiger partial charge in [0.15, 0.2) is 0 Å². The van der Waals surface area contributed by atoms with Gasteiger partial charge in [-0.05, 0) is 18.5 Å². The van der Waals surface area contributed by atoms with Crippen LogP contribution in [0.2, 0.25) is 0 Å². The van der Waals surface area contributed by atoms with Crippen LogP contribution < -0.4 is 0 Å². The van der Waals surface area contributed by atoms with E-state index in [0.717, 1.165) is 25.2 Å². The first kappa shape index (κ1) is 12.4. The second-order valence-corrected chi connectivity index (χ2v) is 5.79. The number of hydrogen-bond donors (Lipinski definition) is 1. The molecule has 0 aliphatic carbocycles. The lowest BCUT2D eigenvalue weighted by molar-refractivity contribution is 0.312. The molecule has 19 heavy (non-hydrogen) atoms. The molecule has 1 aliphatic heterocycles. The Hall–Kier alpha value is -1.61. The van der Waals surface area contributed by atoms with Crippen LogP contribution in [-0.4, -0.2) is 28.7 Å². The van der Waals surface area contributed by atoms with E-state index < -0.39 is 0 Å². The van der Waals surface area contributed by atoms with E-state index >= 15 is 0 Å². The van der Waals surface area contributed by atoms with Gasteiger partial charge < -0.3 is 4.90 Å². The normalized spacial score (nSPS) is 15.8. The number of aromatic amines is 1. The van der Waals surface area contributed by atoms with E-state index in [1.54, 1.807) is 0 Å². The zero-order valence-corrected chi connectivity index (χ0v) is 11.9. The van der Waals surface area contributed by atoms with Crippen molar-refractivity contribution in [3.05, 3.63) is 41.1 Å². The van der Waals surface area contributed by atoms with E-state index in [1.165, 1.54) is 22.4 Å². The van der Waals surface area contributed by atoms with Crippen LogP contribution in [0.25, 0.3) is 11.3 Å². The van der Waals surface area contributed by atoms with Crippen molar-refractivity contribution in [1.82, 2.24) is 15.1 Å². The van der Waals surface area contributed by atoms with E-state index in [2.05, 4.69) is 60.3 Å². The molecule has 3 heteroatoms. The summed E-state index contributed by atoms with van der Waals surface area (Å²) in [5.74, 6) is 0.577. The molecule has 1 aromatic carbocycles. The van der Waals surface area contributed by atoms with Crippen LogP contribution in [0.5, 0.6) is 0 Å². The van der Waals surface area contributed by atoms with Gasteiger partial charge in [0.2, 0.25) is 0 Å². The molecule has 2 heterocycles. The molecular weight excluding hydrogens is 234 g/mol. The Morgan fingerprint density at radius 3 is 2.63 bits per heavy atom. The van der Waals surface area contributed by atoms with Crippen molar-refractivity contribution in [2.45, 2.75) is 32.7 Å². The highest BCUT2D eigenvalue weighted by Crippen LogP contribution is 2.28. The third-order valence-corrected chi connectivity index (χ3v) is 3.98. The maximum atomic E-state index is 4.53. The summed E-state index contributed by atoms with van der Waals surface area (Å²) in [6.07, 6.45) is 1.07. The lowest BCUT2D eigenvalue weighted by Gasteiger charge is -2.22. The second-order valence-electron chi connectivity index (χ2n) is 5.79. The highest BCUT2D eigenvalue weighted by atomic mass is 15.2. The molecular formula is C16H21N3. The van der Waals surface area contributed by atoms with Gasteiger partial charge >= 0.3 is 0 Å². The Morgan fingerprint density at radius 2 is 1.95 bits per heavy atom. The Bertz CT molecular complexity index is 566. The predicted octanol–water partition coefficient (Wildman–Crippen LogP) is 3.19. The molecule has 1 aliphatic rings. The van der Waals surface area contributed by atoms with Gasteiger partial charge in [-0.3, -0.25) is 5.10 Å². The summed E-state index contributed by atoms with van der Waals surface area (Å²) in [4.78, 5) is 2.35. The van der Waals surface area contributed by atoms with Crippen LogP contribution in [0.4, 0.5) is 0 Å². The summed E-state index contributed by atoms with van der Waals surface area (Å²) in [5.41, 5.74) is 6.39. The lowest BCUT2D eigenvalue weighted by atomic mass is 9.98. The van der Waals surface area contributed by atoms with Gasteiger partial charge in [-0.1, -0.05) is 38.1 Å². The molecule has 3 nitrogen and oxygen atoms in total. The first-order valence-electron chi connectivity index (χ1n) is 7.00. The maximum absolute atomic E-state index is 4.53. The fraction of sp³-hybridized carbons (Fsp3) is 0.438. The zero-order valence-electron chi connectivity index (χ0n) is 11.9. The third kappa shape index (κ3) is 2.30. The number of aromatic nitrogens is 2. The average Bonchev–Trinajstić information content (AvgIpc) is 2.81. The van der Waals surface area contributed by atoms with Crippen LogP contribution >= 0.6 is 0 Å².